The summed E-state index contributed by atoms with van der Waals surface area (Å²) in [5, 5.41) is 14.5. The molecule has 1 atom stereocenters. The fraction of sp³-hybridized carbons (Fsp3) is 0.429. The molecule has 5 heteroatoms. The summed E-state index contributed by atoms with van der Waals surface area (Å²) in [6.07, 6.45) is 0.967. The van der Waals surface area contributed by atoms with Crippen LogP contribution in [-0.2, 0) is 0 Å². The van der Waals surface area contributed by atoms with Crippen molar-refractivity contribution < 1.29 is 14.7 Å². The average Bonchev–Trinajstić information content (AvgIpc) is 2.88. The molecular weight excluding hydrogens is 244 g/mol. The number of hydrogen-bond acceptors (Lipinski definition) is 2. The van der Waals surface area contributed by atoms with E-state index in [1.807, 2.05) is 6.92 Å². The molecule has 102 valence electrons. The predicted octanol–water partition coefficient (Wildman–Crippen LogP) is 2.61. The van der Waals surface area contributed by atoms with Crippen molar-refractivity contribution in [1.29, 1.82) is 0 Å². The lowest BCUT2D eigenvalue weighted by Crippen LogP contribution is -2.32. The standard InChI is InChI=1S/C14H18N2O3/c1-8-4-5-9(12(17)18)6-10(8)15-13(19)16-11-7-14(11,2)3/h4-6,11H,7H2,1-3H3,(H,17,18)(H2,15,16,19). The third-order valence-corrected chi connectivity index (χ3v) is 3.55. The first-order valence-corrected chi connectivity index (χ1v) is 6.21. The van der Waals surface area contributed by atoms with Gasteiger partial charge in [-0.25, -0.2) is 9.59 Å². The Labute approximate surface area is 112 Å². The molecule has 1 saturated carbocycles. The Morgan fingerprint density at radius 3 is 2.53 bits per heavy atom. The van der Waals surface area contributed by atoms with Crippen molar-refractivity contribution in [2.24, 2.45) is 5.41 Å². The third-order valence-electron chi connectivity index (χ3n) is 3.55. The zero-order valence-corrected chi connectivity index (χ0v) is 11.3. The predicted molar refractivity (Wildman–Crippen MR) is 72.5 cm³/mol. The van der Waals surface area contributed by atoms with Gasteiger partial charge in [0.1, 0.15) is 0 Å². The minimum absolute atomic E-state index is 0.160. The van der Waals surface area contributed by atoms with Crippen LogP contribution in [-0.4, -0.2) is 23.1 Å². The number of aromatic carboxylic acids is 1. The Kier molecular flexibility index (Phi) is 3.22. The van der Waals surface area contributed by atoms with E-state index in [0.717, 1.165) is 12.0 Å². The van der Waals surface area contributed by atoms with Gasteiger partial charge < -0.3 is 15.7 Å². The second kappa shape index (κ2) is 4.57. The normalized spacial score (nSPS) is 19.6. The number of urea groups is 1. The van der Waals surface area contributed by atoms with Gasteiger partial charge in [0.15, 0.2) is 0 Å². The maximum atomic E-state index is 11.8. The number of benzene rings is 1. The fourth-order valence-electron chi connectivity index (χ4n) is 1.92. The van der Waals surface area contributed by atoms with Crippen LogP contribution in [0.4, 0.5) is 10.5 Å². The summed E-state index contributed by atoms with van der Waals surface area (Å²) in [6, 6.07) is 4.57. The molecule has 1 aromatic rings. The third kappa shape index (κ3) is 3.05. The number of carboxylic acid groups (broad SMARTS) is 1. The van der Waals surface area contributed by atoms with Crippen LogP contribution in [0.5, 0.6) is 0 Å². The number of carbonyl (C=O) groups is 2. The van der Waals surface area contributed by atoms with Crippen LogP contribution in [0.25, 0.3) is 0 Å². The molecule has 0 spiro atoms. The van der Waals surface area contributed by atoms with E-state index in [4.69, 9.17) is 5.11 Å². The summed E-state index contributed by atoms with van der Waals surface area (Å²) >= 11 is 0. The molecule has 0 bridgehead atoms. The van der Waals surface area contributed by atoms with E-state index in [1.165, 1.54) is 12.1 Å². The van der Waals surface area contributed by atoms with Crippen LogP contribution in [0, 0.1) is 12.3 Å². The number of hydrogen-bond donors (Lipinski definition) is 3. The summed E-state index contributed by atoms with van der Waals surface area (Å²) in [7, 11) is 0. The molecule has 0 radical (unpaired) electrons. The van der Waals surface area contributed by atoms with Crippen molar-refractivity contribution in [3.63, 3.8) is 0 Å². The number of rotatable bonds is 3. The van der Waals surface area contributed by atoms with Gasteiger partial charge >= 0.3 is 12.0 Å². The molecule has 1 aromatic carbocycles. The molecule has 5 nitrogen and oxygen atoms in total. The lowest BCUT2D eigenvalue weighted by atomic mass is 10.1. The quantitative estimate of drug-likeness (QED) is 0.783. The number of anilines is 1. The number of carboxylic acids is 1. The summed E-state index contributed by atoms with van der Waals surface area (Å²) in [6.45, 7) is 6.00. The minimum atomic E-state index is -1.01. The van der Waals surface area contributed by atoms with Gasteiger partial charge in [0.25, 0.3) is 0 Å². The highest BCUT2D eigenvalue weighted by Crippen LogP contribution is 2.44. The van der Waals surface area contributed by atoms with Gasteiger partial charge in [0, 0.05) is 11.7 Å². The largest absolute Gasteiger partial charge is 0.478 e. The van der Waals surface area contributed by atoms with Crippen molar-refractivity contribution >= 4 is 17.7 Å². The van der Waals surface area contributed by atoms with Gasteiger partial charge in [-0.1, -0.05) is 19.9 Å². The van der Waals surface area contributed by atoms with Gasteiger partial charge in [-0.15, -0.1) is 0 Å². The number of aryl methyl sites for hydroxylation is 1. The van der Waals surface area contributed by atoms with E-state index in [9.17, 15) is 9.59 Å². The molecule has 1 aliphatic rings. The van der Waals surface area contributed by atoms with Gasteiger partial charge in [0.2, 0.25) is 0 Å². The Morgan fingerprint density at radius 1 is 1.37 bits per heavy atom. The van der Waals surface area contributed by atoms with Crippen molar-refractivity contribution in [2.75, 3.05) is 5.32 Å². The maximum absolute atomic E-state index is 11.8. The summed E-state index contributed by atoms with van der Waals surface area (Å²) in [5.74, 6) is -1.01. The highest BCUT2D eigenvalue weighted by Gasteiger charge is 2.46. The fourth-order valence-corrected chi connectivity index (χ4v) is 1.92. The molecule has 1 unspecified atom stereocenters. The van der Waals surface area contributed by atoms with Crippen LogP contribution >= 0.6 is 0 Å². The molecule has 0 heterocycles. The van der Waals surface area contributed by atoms with Gasteiger partial charge in [-0.2, -0.15) is 0 Å². The summed E-state index contributed by atoms with van der Waals surface area (Å²) in [4.78, 5) is 22.7. The summed E-state index contributed by atoms with van der Waals surface area (Å²) in [5.41, 5.74) is 1.67. The van der Waals surface area contributed by atoms with Crippen LogP contribution in [0.2, 0.25) is 0 Å². The average molecular weight is 262 g/mol. The van der Waals surface area contributed by atoms with Crippen LogP contribution in [0.3, 0.4) is 0 Å². The van der Waals surface area contributed by atoms with Gasteiger partial charge in [0.05, 0.1) is 5.56 Å². The Morgan fingerprint density at radius 2 is 2.00 bits per heavy atom. The molecule has 0 aromatic heterocycles. The Balaban J connectivity index is 2.04. The zero-order chi connectivity index (χ0) is 14.2. The van der Waals surface area contributed by atoms with Crippen LogP contribution in [0.1, 0.15) is 36.2 Å². The Hall–Kier alpha value is -2.04. The number of nitrogens with one attached hydrogen (secondary N) is 2. The Bertz CT molecular complexity index is 537. The SMILES string of the molecule is Cc1ccc(C(=O)O)cc1NC(=O)NC1CC1(C)C. The van der Waals surface area contributed by atoms with Crippen molar-refractivity contribution in [3.05, 3.63) is 29.3 Å². The smallest absolute Gasteiger partial charge is 0.335 e. The molecule has 0 saturated heterocycles. The second-order valence-electron chi connectivity index (χ2n) is 5.68. The first-order valence-electron chi connectivity index (χ1n) is 6.21. The topological polar surface area (TPSA) is 78.4 Å². The second-order valence-corrected chi connectivity index (χ2v) is 5.68. The lowest BCUT2D eigenvalue weighted by Gasteiger charge is -2.11. The van der Waals surface area contributed by atoms with Gasteiger partial charge in [-0.3, -0.25) is 0 Å². The van der Waals surface area contributed by atoms with E-state index in [0.29, 0.717) is 5.69 Å². The van der Waals surface area contributed by atoms with Crippen molar-refractivity contribution in [1.82, 2.24) is 5.32 Å². The molecule has 2 amide bonds. The molecule has 3 N–H and O–H groups in total. The van der Waals surface area contributed by atoms with E-state index < -0.39 is 5.97 Å². The molecule has 1 fully saturated rings. The molecule has 0 aliphatic heterocycles. The summed E-state index contributed by atoms with van der Waals surface area (Å²) < 4.78 is 0. The van der Waals surface area contributed by atoms with Crippen LogP contribution in [0.15, 0.2) is 18.2 Å². The molecule has 19 heavy (non-hydrogen) atoms. The first kappa shape index (κ1) is 13.4. The molecular formula is C14H18N2O3. The number of carbonyl (C=O) groups excluding carboxylic acids is 1. The molecule has 2 rings (SSSR count). The van der Waals surface area contributed by atoms with E-state index >= 15 is 0 Å². The van der Waals surface area contributed by atoms with E-state index in [-0.39, 0.29) is 23.1 Å². The van der Waals surface area contributed by atoms with Crippen molar-refractivity contribution in [3.8, 4) is 0 Å². The van der Waals surface area contributed by atoms with E-state index in [2.05, 4.69) is 24.5 Å². The zero-order valence-electron chi connectivity index (χ0n) is 11.3. The van der Waals surface area contributed by atoms with Gasteiger partial charge in [-0.05, 0) is 36.5 Å². The van der Waals surface area contributed by atoms with Crippen molar-refractivity contribution in [2.45, 2.75) is 33.2 Å². The first-order chi connectivity index (χ1) is 8.79. The van der Waals surface area contributed by atoms with Crippen LogP contribution < -0.4 is 10.6 Å². The van der Waals surface area contributed by atoms with E-state index in [1.54, 1.807) is 6.07 Å². The minimum Gasteiger partial charge on any atom is -0.478 e. The molecule has 1 aliphatic carbocycles. The monoisotopic (exact) mass is 262 g/mol. The highest BCUT2D eigenvalue weighted by atomic mass is 16.4. The number of amides is 2. The highest BCUT2D eigenvalue weighted by molar-refractivity contribution is 5.94. The maximum Gasteiger partial charge on any atom is 0.335 e. The lowest BCUT2D eigenvalue weighted by molar-refractivity contribution is 0.0697.